The molecular formula is C15H6Cl2N2OS4. The van der Waals surface area contributed by atoms with Crippen LogP contribution in [0.3, 0.4) is 0 Å². The molecule has 3 nitrogen and oxygen atoms in total. The predicted octanol–water partition coefficient (Wildman–Crippen LogP) is 6.59. The number of hydrogen-bond acceptors (Lipinski definition) is 7. The molecule has 0 saturated carbocycles. The molecule has 0 aliphatic heterocycles. The molecule has 0 radical (unpaired) electrons. The minimum Gasteiger partial charge on any atom is -0.289 e. The summed E-state index contributed by atoms with van der Waals surface area (Å²) in [4.78, 5) is 24.8. The molecule has 24 heavy (non-hydrogen) atoms. The lowest BCUT2D eigenvalue weighted by atomic mass is 10.0. The van der Waals surface area contributed by atoms with E-state index in [1.54, 1.807) is 12.4 Å². The second-order valence-electron chi connectivity index (χ2n) is 4.61. The number of hydrogen-bond donors (Lipinski definition) is 0. The van der Waals surface area contributed by atoms with Gasteiger partial charge in [-0.3, -0.25) is 4.79 Å². The van der Waals surface area contributed by atoms with Crippen molar-refractivity contribution in [2.45, 2.75) is 0 Å². The summed E-state index contributed by atoms with van der Waals surface area (Å²) in [5, 5.41) is 3.82. The summed E-state index contributed by atoms with van der Waals surface area (Å²) < 4.78 is 0.930. The summed E-state index contributed by atoms with van der Waals surface area (Å²) in [5.74, 6) is -0.0171. The van der Waals surface area contributed by atoms with Crippen LogP contribution in [0.25, 0.3) is 19.5 Å². The highest BCUT2D eigenvalue weighted by Crippen LogP contribution is 2.40. The number of thiazole rings is 2. The molecule has 4 aromatic rings. The molecule has 0 aliphatic carbocycles. The zero-order valence-electron chi connectivity index (χ0n) is 11.7. The number of nitrogens with zero attached hydrogens (tertiary/aromatic N) is 2. The Balaban J connectivity index is 1.77. The van der Waals surface area contributed by atoms with Crippen molar-refractivity contribution in [2.75, 3.05) is 0 Å². The van der Waals surface area contributed by atoms with Crippen LogP contribution in [0, 0.1) is 0 Å². The van der Waals surface area contributed by atoms with E-state index in [1.165, 1.54) is 45.3 Å². The first-order chi connectivity index (χ1) is 11.6. The Morgan fingerprint density at radius 3 is 1.67 bits per heavy atom. The van der Waals surface area contributed by atoms with Crippen molar-refractivity contribution in [1.29, 1.82) is 0 Å². The fourth-order valence-electron chi connectivity index (χ4n) is 2.22. The average Bonchev–Trinajstić information content (AvgIpc) is 3.32. The molecule has 9 heteroatoms. The van der Waals surface area contributed by atoms with Gasteiger partial charge < -0.3 is 0 Å². The van der Waals surface area contributed by atoms with E-state index in [2.05, 4.69) is 9.97 Å². The van der Waals surface area contributed by atoms with E-state index in [1.807, 2.05) is 22.9 Å². The molecule has 4 rings (SSSR count). The van der Waals surface area contributed by atoms with E-state index in [-0.39, 0.29) is 5.78 Å². The number of aromatic nitrogens is 2. The third-order valence-electron chi connectivity index (χ3n) is 3.22. The van der Waals surface area contributed by atoms with Gasteiger partial charge in [0.05, 0.1) is 19.5 Å². The number of carbonyl (C=O) groups is 1. The number of carbonyl (C=O) groups excluding carboxylic acids is 1. The van der Waals surface area contributed by atoms with Crippen LogP contribution >= 0.6 is 68.5 Å². The first-order valence-corrected chi connectivity index (χ1v) is 10.7. The highest BCUT2D eigenvalue weighted by Gasteiger charge is 2.22. The quantitative estimate of drug-likeness (QED) is 0.344. The summed E-state index contributed by atoms with van der Waals surface area (Å²) in [6.45, 7) is 0. The zero-order valence-corrected chi connectivity index (χ0v) is 16.4. The molecule has 0 spiro atoms. The van der Waals surface area contributed by atoms with Crippen LogP contribution in [0.2, 0.25) is 8.93 Å². The monoisotopic (exact) mass is 428 g/mol. The van der Waals surface area contributed by atoms with Crippen molar-refractivity contribution < 1.29 is 4.79 Å². The molecule has 0 aliphatic rings. The lowest BCUT2D eigenvalue weighted by Gasteiger charge is -2.02. The fourth-order valence-corrected chi connectivity index (χ4v) is 6.14. The van der Waals surface area contributed by atoms with Crippen LogP contribution in [0.5, 0.6) is 0 Å². The highest BCUT2D eigenvalue weighted by molar-refractivity contribution is 7.24. The lowest BCUT2D eigenvalue weighted by molar-refractivity contribution is 0.104. The topological polar surface area (TPSA) is 42.9 Å². The maximum Gasteiger partial charge on any atom is 0.196 e. The smallest absolute Gasteiger partial charge is 0.196 e. The third-order valence-corrected chi connectivity index (χ3v) is 7.64. The fraction of sp³-hybridized carbons (Fsp3) is 0. The lowest BCUT2D eigenvalue weighted by Crippen LogP contribution is -2.00. The Kier molecular flexibility index (Phi) is 4.55. The van der Waals surface area contributed by atoms with Gasteiger partial charge in [-0.25, -0.2) is 9.97 Å². The van der Waals surface area contributed by atoms with Gasteiger partial charge in [0.2, 0.25) is 0 Å². The molecule has 0 atom stereocenters. The van der Waals surface area contributed by atoms with Crippen LogP contribution in [0.1, 0.15) is 15.9 Å². The van der Waals surface area contributed by atoms with Crippen LogP contribution in [-0.2, 0) is 0 Å². The molecule has 0 aromatic carbocycles. The molecule has 0 amide bonds. The van der Waals surface area contributed by atoms with E-state index in [0.29, 0.717) is 20.1 Å². The van der Waals surface area contributed by atoms with Crippen molar-refractivity contribution >= 4 is 74.3 Å². The largest absolute Gasteiger partial charge is 0.289 e. The summed E-state index contributed by atoms with van der Waals surface area (Å²) in [6, 6.07) is 3.69. The van der Waals surface area contributed by atoms with Gasteiger partial charge in [-0.2, -0.15) is 0 Å². The Morgan fingerprint density at radius 1 is 0.833 bits per heavy atom. The van der Waals surface area contributed by atoms with Gasteiger partial charge in [0.1, 0.15) is 0 Å². The number of ketones is 1. The Labute approximate surface area is 163 Å². The SMILES string of the molecule is O=C(c1ccsc1-c1cnc(Cl)s1)c1ccsc1-c1cnc(Cl)s1. The second kappa shape index (κ2) is 6.67. The number of halogens is 2. The predicted molar refractivity (Wildman–Crippen MR) is 104 cm³/mol. The molecule has 0 unspecified atom stereocenters. The van der Waals surface area contributed by atoms with E-state index >= 15 is 0 Å². The highest BCUT2D eigenvalue weighted by atomic mass is 35.5. The molecular weight excluding hydrogens is 423 g/mol. The summed E-state index contributed by atoms with van der Waals surface area (Å²) >= 11 is 17.6. The van der Waals surface area contributed by atoms with E-state index < -0.39 is 0 Å². The van der Waals surface area contributed by atoms with Crippen LogP contribution < -0.4 is 0 Å². The summed E-state index contributed by atoms with van der Waals surface area (Å²) in [6.07, 6.45) is 3.40. The molecule has 4 heterocycles. The van der Waals surface area contributed by atoms with Crippen molar-refractivity contribution in [3.05, 3.63) is 55.3 Å². The first-order valence-electron chi connectivity index (χ1n) is 6.56. The maximum absolute atomic E-state index is 13.1. The van der Waals surface area contributed by atoms with Crippen LogP contribution in [0.15, 0.2) is 35.3 Å². The standard InChI is InChI=1S/C15H6Cl2N2OS4/c16-14-18-5-9(23-14)12-7(1-3-21-12)11(20)8-2-4-22-13(8)10-6-19-15(17)24-10/h1-6H. The molecule has 0 saturated heterocycles. The third kappa shape index (κ3) is 2.96. The van der Waals surface area contributed by atoms with Crippen molar-refractivity contribution in [1.82, 2.24) is 9.97 Å². The van der Waals surface area contributed by atoms with Gasteiger partial charge in [-0.1, -0.05) is 23.2 Å². The second-order valence-corrected chi connectivity index (χ2v) is 9.67. The summed E-state index contributed by atoms with van der Waals surface area (Å²) in [5.41, 5.74) is 1.33. The first kappa shape index (κ1) is 16.4. The Hall–Kier alpha value is -1.09. The molecule has 120 valence electrons. The minimum atomic E-state index is -0.0171. The molecule has 0 fully saturated rings. The Bertz CT molecular complexity index is 949. The van der Waals surface area contributed by atoms with Crippen LogP contribution in [0.4, 0.5) is 0 Å². The van der Waals surface area contributed by atoms with Gasteiger partial charge in [-0.05, 0) is 22.9 Å². The number of thiophene rings is 2. The van der Waals surface area contributed by atoms with Gasteiger partial charge >= 0.3 is 0 Å². The van der Waals surface area contributed by atoms with Crippen molar-refractivity contribution in [3.63, 3.8) is 0 Å². The summed E-state index contributed by atoms with van der Waals surface area (Å²) in [7, 11) is 0. The molecule has 0 bridgehead atoms. The van der Waals surface area contributed by atoms with Crippen molar-refractivity contribution in [3.8, 4) is 19.5 Å². The average molecular weight is 429 g/mol. The number of rotatable bonds is 4. The minimum absolute atomic E-state index is 0.0171. The molecule has 4 aromatic heterocycles. The van der Waals surface area contributed by atoms with Gasteiger partial charge in [0, 0.05) is 23.5 Å². The van der Waals surface area contributed by atoms with E-state index in [4.69, 9.17) is 23.2 Å². The van der Waals surface area contributed by atoms with E-state index in [9.17, 15) is 4.79 Å². The van der Waals surface area contributed by atoms with Crippen molar-refractivity contribution in [2.24, 2.45) is 0 Å². The maximum atomic E-state index is 13.1. The normalized spacial score (nSPS) is 11.1. The van der Waals surface area contributed by atoms with Crippen LogP contribution in [-0.4, -0.2) is 15.8 Å². The van der Waals surface area contributed by atoms with E-state index in [0.717, 1.165) is 19.5 Å². The molecule has 0 N–H and O–H groups in total. The van der Waals surface area contributed by atoms with Gasteiger partial charge in [0.15, 0.2) is 14.7 Å². The Morgan fingerprint density at radius 2 is 1.29 bits per heavy atom. The zero-order chi connectivity index (χ0) is 16.7. The van der Waals surface area contributed by atoms with Gasteiger partial charge in [0.25, 0.3) is 0 Å². The van der Waals surface area contributed by atoms with Gasteiger partial charge in [-0.15, -0.1) is 45.3 Å².